The average Bonchev–Trinajstić information content (AvgIpc) is 2.72. The highest BCUT2D eigenvalue weighted by Gasteiger charge is 2.29. The number of halogens is 6. The van der Waals surface area contributed by atoms with Gasteiger partial charge in [-0.3, -0.25) is 9.97 Å². The van der Waals surface area contributed by atoms with Crippen molar-refractivity contribution in [2.24, 2.45) is 0 Å². The fourth-order valence-electron chi connectivity index (χ4n) is 3.25. The van der Waals surface area contributed by atoms with Crippen LogP contribution in [0.4, 0.5) is 26.3 Å². The average molecular weight is 460 g/mol. The summed E-state index contributed by atoms with van der Waals surface area (Å²) in [6, 6.07) is 7.96. The number of hydrogen-bond acceptors (Lipinski definition) is 4. The van der Waals surface area contributed by atoms with E-state index >= 15 is 0 Å². The van der Waals surface area contributed by atoms with E-state index < -0.39 is 40.8 Å². The summed E-state index contributed by atoms with van der Waals surface area (Å²) < 4.78 is 83.5. The Morgan fingerprint density at radius 2 is 0.939 bits per heavy atom. The Bertz CT molecular complexity index is 1270. The van der Waals surface area contributed by atoms with Gasteiger partial charge in [0.1, 0.15) is 11.6 Å². The molecule has 0 unspecified atom stereocenters. The summed E-state index contributed by atoms with van der Waals surface area (Å²) >= 11 is 0. The van der Waals surface area contributed by atoms with E-state index in [4.69, 9.17) is 0 Å². The molecule has 4 heterocycles. The van der Waals surface area contributed by atoms with Crippen LogP contribution in [0.1, 0.15) is 25.2 Å². The summed E-state index contributed by atoms with van der Waals surface area (Å²) in [5.41, 5.74) is -1.95. The molecule has 168 valence electrons. The lowest BCUT2D eigenvalue weighted by molar-refractivity contribution is 0.514. The zero-order valence-electron chi connectivity index (χ0n) is 17.2. The van der Waals surface area contributed by atoms with Crippen LogP contribution in [0.25, 0.3) is 22.5 Å². The lowest BCUT2D eigenvalue weighted by Crippen LogP contribution is -2.23. The Morgan fingerprint density at radius 1 is 0.545 bits per heavy atom. The molecule has 0 amide bonds. The van der Waals surface area contributed by atoms with Gasteiger partial charge in [0.2, 0.25) is 23.8 Å². The van der Waals surface area contributed by atoms with Crippen molar-refractivity contribution in [1.29, 1.82) is 0 Å². The van der Waals surface area contributed by atoms with Crippen molar-refractivity contribution in [2.75, 3.05) is 0 Å². The van der Waals surface area contributed by atoms with Crippen LogP contribution in [-0.2, 0) is 5.41 Å². The maximum atomic E-state index is 14.4. The van der Waals surface area contributed by atoms with E-state index in [1.807, 2.05) is 0 Å². The van der Waals surface area contributed by atoms with Gasteiger partial charge in [-0.15, -0.1) is 0 Å². The molecule has 0 saturated carbocycles. The van der Waals surface area contributed by atoms with Gasteiger partial charge in [-0.1, -0.05) is 0 Å². The molecule has 0 aliphatic heterocycles. The van der Waals surface area contributed by atoms with Crippen LogP contribution in [0, 0.1) is 35.4 Å². The lowest BCUT2D eigenvalue weighted by atomic mass is 9.84. The molecular weight excluding hydrogens is 446 g/mol. The summed E-state index contributed by atoms with van der Waals surface area (Å²) in [4.78, 5) is 14.7. The van der Waals surface area contributed by atoms with Crippen LogP contribution in [-0.4, -0.2) is 19.9 Å². The number of rotatable bonds is 4. The molecule has 0 bridgehead atoms. The van der Waals surface area contributed by atoms with Crippen LogP contribution in [0.3, 0.4) is 0 Å². The summed E-state index contributed by atoms with van der Waals surface area (Å²) in [6.45, 7) is 3.12. The van der Waals surface area contributed by atoms with Crippen LogP contribution in [0.5, 0.6) is 0 Å². The molecule has 33 heavy (non-hydrogen) atoms. The van der Waals surface area contributed by atoms with Gasteiger partial charge < -0.3 is 0 Å². The van der Waals surface area contributed by atoms with Crippen molar-refractivity contribution >= 4 is 0 Å². The monoisotopic (exact) mass is 460 g/mol. The fourth-order valence-corrected chi connectivity index (χ4v) is 3.25. The lowest BCUT2D eigenvalue weighted by Gasteiger charge is -2.25. The van der Waals surface area contributed by atoms with E-state index in [0.29, 0.717) is 0 Å². The molecule has 4 rings (SSSR count). The second-order valence-electron chi connectivity index (χ2n) is 7.68. The molecule has 4 nitrogen and oxygen atoms in total. The van der Waals surface area contributed by atoms with E-state index in [1.54, 1.807) is 13.8 Å². The molecular formula is C23H14F6N4. The van der Waals surface area contributed by atoms with Crippen molar-refractivity contribution in [3.63, 3.8) is 0 Å². The van der Waals surface area contributed by atoms with Gasteiger partial charge in [-0.05, 0) is 50.2 Å². The zero-order chi connectivity index (χ0) is 23.9. The topological polar surface area (TPSA) is 51.6 Å². The van der Waals surface area contributed by atoms with Crippen LogP contribution >= 0.6 is 0 Å². The Labute approximate surface area is 184 Å². The van der Waals surface area contributed by atoms with Gasteiger partial charge in [0, 0.05) is 17.5 Å². The highest BCUT2D eigenvalue weighted by molar-refractivity contribution is 5.61. The molecule has 0 spiro atoms. The largest absolute Gasteiger partial charge is 0.251 e. The SMILES string of the molecule is CC(C)(c1cc(F)cc(-c2ccc(F)nc2F)n1)c1cc(F)cc(-c2ccc(F)nc2F)n1. The third kappa shape index (κ3) is 4.41. The van der Waals surface area contributed by atoms with Crippen LogP contribution in [0.15, 0.2) is 48.5 Å². The highest BCUT2D eigenvalue weighted by atomic mass is 19.2. The molecule has 0 aromatic carbocycles. The molecule has 0 fully saturated rings. The molecule has 4 aromatic rings. The Hall–Kier alpha value is -3.82. The van der Waals surface area contributed by atoms with E-state index in [1.165, 1.54) is 0 Å². The summed E-state index contributed by atoms with van der Waals surface area (Å²) in [5, 5.41) is 0. The molecule has 0 N–H and O–H groups in total. The van der Waals surface area contributed by atoms with Crippen molar-refractivity contribution in [2.45, 2.75) is 19.3 Å². The second-order valence-corrected chi connectivity index (χ2v) is 7.68. The minimum absolute atomic E-state index is 0.0444. The normalized spacial score (nSPS) is 11.6. The van der Waals surface area contributed by atoms with Gasteiger partial charge in [0.15, 0.2) is 0 Å². The summed E-state index contributed by atoms with van der Waals surface area (Å²) in [5.74, 6) is -6.02. The highest BCUT2D eigenvalue weighted by Crippen LogP contribution is 2.34. The van der Waals surface area contributed by atoms with Crippen molar-refractivity contribution < 1.29 is 26.3 Å². The van der Waals surface area contributed by atoms with Gasteiger partial charge in [0.25, 0.3) is 0 Å². The molecule has 10 heteroatoms. The van der Waals surface area contributed by atoms with E-state index in [-0.39, 0.29) is 33.9 Å². The molecule has 0 saturated heterocycles. The Kier molecular flexibility index (Phi) is 5.61. The first-order chi connectivity index (χ1) is 15.5. The molecule has 0 aliphatic carbocycles. The second kappa shape index (κ2) is 8.27. The first-order valence-corrected chi connectivity index (χ1v) is 9.55. The summed E-state index contributed by atoms with van der Waals surface area (Å²) in [7, 11) is 0. The summed E-state index contributed by atoms with van der Waals surface area (Å²) in [6.07, 6.45) is 0. The number of hydrogen-bond donors (Lipinski definition) is 0. The molecule has 0 radical (unpaired) electrons. The van der Waals surface area contributed by atoms with Crippen molar-refractivity contribution in [3.05, 3.63) is 95.3 Å². The zero-order valence-corrected chi connectivity index (χ0v) is 17.2. The predicted molar refractivity (Wildman–Crippen MR) is 107 cm³/mol. The quantitative estimate of drug-likeness (QED) is 0.287. The van der Waals surface area contributed by atoms with Crippen LogP contribution < -0.4 is 0 Å². The van der Waals surface area contributed by atoms with Crippen LogP contribution in [0.2, 0.25) is 0 Å². The number of pyridine rings is 4. The standard InChI is InChI=1S/C23H14F6N4/c1-23(2,17-9-11(24)7-15(30-17)13-3-5-19(26)32-21(13)28)18-10-12(25)8-16(31-18)14-4-6-20(27)33-22(14)29/h3-10H,1-2H3. The number of aromatic nitrogens is 4. The fraction of sp³-hybridized carbons (Fsp3) is 0.130. The third-order valence-corrected chi connectivity index (χ3v) is 5.04. The van der Waals surface area contributed by atoms with E-state index in [0.717, 1.165) is 48.5 Å². The molecule has 4 aromatic heterocycles. The minimum Gasteiger partial charge on any atom is -0.251 e. The minimum atomic E-state index is -1.25. The molecule has 0 aliphatic rings. The Morgan fingerprint density at radius 3 is 1.30 bits per heavy atom. The van der Waals surface area contributed by atoms with Crippen molar-refractivity contribution in [1.82, 2.24) is 19.9 Å². The first-order valence-electron chi connectivity index (χ1n) is 9.55. The van der Waals surface area contributed by atoms with E-state index in [9.17, 15) is 26.3 Å². The third-order valence-electron chi connectivity index (χ3n) is 5.04. The molecule has 0 atom stereocenters. The van der Waals surface area contributed by atoms with Gasteiger partial charge in [0.05, 0.1) is 33.9 Å². The van der Waals surface area contributed by atoms with E-state index in [2.05, 4.69) is 19.9 Å². The maximum absolute atomic E-state index is 14.4. The van der Waals surface area contributed by atoms with Gasteiger partial charge >= 0.3 is 0 Å². The maximum Gasteiger partial charge on any atom is 0.224 e. The van der Waals surface area contributed by atoms with Gasteiger partial charge in [-0.2, -0.15) is 27.5 Å². The van der Waals surface area contributed by atoms with Gasteiger partial charge in [-0.25, -0.2) is 8.78 Å². The Balaban J connectivity index is 1.83. The predicted octanol–water partition coefficient (Wildman–Crippen LogP) is 5.76. The first kappa shape index (κ1) is 22.4. The van der Waals surface area contributed by atoms with Crippen molar-refractivity contribution in [3.8, 4) is 22.5 Å². The number of nitrogens with zero attached hydrogens (tertiary/aromatic N) is 4. The smallest absolute Gasteiger partial charge is 0.224 e.